The van der Waals surface area contributed by atoms with Gasteiger partial charge in [0.1, 0.15) is 10.0 Å². The van der Waals surface area contributed by atoms with Crippen LogP contribution in [0, 0.1) is 0 Å². The van der Waals surface area contributed by atoms with Crippen molar-refractivity contribution in [2.24, 2.45) is 0 Å². The molecule has 0 aliphatic heterocycles. The smallest absolute Gasteiger partial charge is 0.148 e. The molecule has 2 aromatic rings. The molecule has 0 saturated carbocycles. The van der Waals surface area contributed by atoms with Gasteiger partial charge in [0, 0.05) is 28.0 Å². The van der Waals surface area contributed by atoms with Crippen LogP contribution in [0.3, 0.4) is 0 Å². The van der Waals surface area contributed by atoms with Gasteiger partial charge >= 0.3 is 0 Å². The summed E-state index contributed by atoms with van der Waals surface area (Å²) >= 11 is 11.1. The summed E-state index contributed by atoms with van der Waals surface area (Å²) < 4.78 is 0.987. The van der Waals surface area contributed by atoms with E-state index in [1.165, 1.54) is 0 Å². The lowest BCUT2D eigenvalue weighted by atomic mass is 10.2. The SMILES string of the molecule is CCNCCc1nnc(-c2cc(Cl)ccc2Br)s1. The summed E-state index contributed by atoms with van der Waals surface area (Å²) in [7, 11) is 0. The fourth-order valence-corrected chi connectivity index (χ4v) is 3.10. The second-order valence-corrected chi connectivity index (χ2v) is 6.08. The standard InChI is InChI=1S/C12H13BrClN3S/c1-2-15-6-5-11-16-17-12(18-11)9-7-8(14)3-4-10(9)13/h3-4,7,15H,2,5-6H2,1H3. The minimum absolute atomic E-state index is 0.706. The summed E-state index contributed by atoms with van der Waals surface area (Å²) in [5, 5.41) is 14.3. The van der Waals surface area contributed by atoms with Gasteiger partial charge in [0.2, 0.25) is 0 Å². The average Bonchev–Trinajstić information content (AvgIpc) is 2.81. The van der Waals surface area contributed by atoms with Crippen LogP contribution >= 0.6 is 38.9 Å². The third-order valence-corrected chi connectivity index (χ3v) is 4.33. The number of nitrogens with zero attached hydrogens (tertiary/aromatic N) is 2. The average molecular weight is 347 g/mol. The number of rotatable bonds is 5. The molecule has 1 N–H and O–H groups in total. The fraction of sp³-hybridized carbons (Fsp3) is 0.333. The molecule has 96 valence electrons. The van der Waals surface area contributed by atoms with Gasteiger partial charge in [-0.1, -0.05) is 45.8 Å². The third kappa shape index (κ3) is 3.51. The van der Waals surface area contributed by atoms with E-state index in [1.807, 2.05) is 18.2 Å². The molecule has 0 fully saturated rings. The van der Waals surface area contributed by atoms with Crippen molar-refractivity contribution in [1.29, 1.82) is 0 Å². The zero-order valence-corrected chi connectivity index (χ0v) is 13.1. The van der Waals surface area contributed by atoms with Crippen molar-refractivity contribution in [3.63, 3.8) is 0 Å². The second-order valence-electron chi connectivity index (χ2n) is 3.73. The zero-order chi connectivity index (χ0) is 13.0. The molecule has 1 aromatic heterocycles. The molecule has 1 aromatic carbocycles. The molecule has 0 saturated heterocycles. The summed E-state index contributed by atoms with van der Waals surface area (Å²) in [6, 6.07) is 5.68. The van der Waals surface area contributed by atoms with Gasteiger partial charge in [-0.05, 0) is 24.7 Å². The number of benzene rings is 1. The molecule has 2 rings (SSSR count). The number of hydrogen-bond donors (Lipinski definition) is 1. The Labute approximate surface area is 124 Å². The van der Waals surface area contributed by atoms with E-state index < -0.39 is 0 Å². The van der Waals surface area contributed by atoms with E-state index in [1.54, 1.807) is 11.3 Å². The lowest BCUT2D eigenvalue weighted by Gasteiger charge is -2.00. The van der Waals surface area contributed by atoms with Crippen LogP contribution in [0.2, 0.25) is 5.02 Å². The van der Waals surface area contributed by atoms with E-state index in [4.69, 9.17) is 11.6 Å². The Balaban J connectivity index is 2.16. The first-order valence-corrected chi connectivity index (χ1v) is 7.68. The van der Waals surface area contributed by atoms with Crippen LogP contribution in [0.4, 0.5) is 0 Å². The molecule has 18 heavy (non-hydrogen) atoms. The van der Waals surface area contributed by atoms with Crippen molar-refractivity contribution in [3.05, 3.63) is 32.7 Å². The zero-order valence-electron chi connectivity index (χ0n) is 9.91. The second kappa shape index (κ2) is 6.61. The van der Waals surface area contributed by atoms with Gasteiger partial charge in [-0.25, -0.2) is 0 Å². The molecule has 0 radical (unpaired) electrons. The molecule has 3 nitrogen and oxygen atoms in total. The Kier molecular flexibility index (Phi) is 5.12. The van der Waals surface area contributed by atoms with Crippen LogP contribution in [-0.2, 0) is 6.42 Å². The summed E-state index contributed by atoms with van der Waals surface area (Å²) in [6.45, 7) is 4.00. The summed E-state index contributed by atoms with van der Waals surface area (Å²) in [5.74, 6) is 0. The summed E-state index contributed by atoms with van der Waals surface area (Å²) in [5.41, 5.74) is 0.995. The topological polar surface area (TPSA) is 37.8 Å². The first kappa shape index (κ1) is 13.9. The lowest BCUT2D eigenvalue weighted by Crippen LogP contribution is -2.15. The van der Waals surface area contributed by atoms with E-state index in [-0.39, 0.29) is 0 Å². The van der Waals surface area contributed by atoms with Crippen LogP contribution < -0.4 is 5.32 Å². The van der Waals surface area contributed by atoms with Crippen LogP contribution in [-0.4, -0.2) is 23.3 Å². The lowest BCUT2D eigenvalue weighted by molar-refractivity contribution is 0.710. The number of likely N-dealkylation sites (N-methyl/N-ethyl adjacent to an activating group) is 1. The number of halogens is 2. The van der Waals surface area contributed by atoms with E-state index in [0.717, 1.165) is 39.6 Å². The monoisotopic (exact) mass is 345 g/mol. The number of aromatic nitrogens is 2. The van der Waals surface area contributed by atoms with Gasteiger partial charge in [-0.15, -0.1) is 10.2 Å². The Hall–Kier alpha value is -0.490. The molecular weight excluding hydrogens is 334 g/mol. The molecule has 0 aliphatic carbocycles. The van der Waals surface area contributed by atoms with Crippen molar-refractivity contribution < 1.29 is 0 Å². The molecule has 1 heterocycles. The van der Waals surface area contributed by atoms with Crippen molar-refractivity contribution in [3.8, 4) is 10.6 Å². The first-order valence-electron chi connectivity index (χ1n) is 5.69. The summed E-state index contributed by atoms with van der Waals surface area (Å²) in [4.78, 5) is 0. The van der Waals surface area contributed by atoms with Crippen LogP contribution in [0.1, 0.15) is 11.9 Å². The normalized spacial score (nSPS) is 10.8. The molecular formula is C12H13BrClN3S. The largest absolute Gasteiger partial charge is 0.317 e. The van der Waals surface area contributed by atoms with E-state index in [0.29, 0.717) is 5.02 Å². The van der Waals surface area contributed by atoms with Gasteiger partial charge in [0.25, 0.3) is 0 Å². The highest BCUT2D eigenvalue weighted by atomic mass is 79.9. The van der Waals surface area contributed by atoms with Crippen molar-refractivity contribution >= 4 is 38.9 Å². The van der Waals surface area contributed by atoms with Crippen LogP contribution in [0.5, 0.6) is 0 Å². The first-order chi connectivity index (χ1) is 8.70. The minimum Gasteiger partial charge on any atom is -0.317 e. The van der Waals surface area contributed by atoms with Gasteiger partial charge in [0.05, 0.1) is 0 Å². The highest BCUT2D eigenvalue weighted by Crippen LogP contribution is 2.32. The molecule has 0 amide bonds. The molecule has 6 heteroatoms. The van der Waals surface area contributed by atoms with Crippen molar-refractivity contribution in [1.82, 2.24) is 15.5 Å². The van der Waals surface area contributed by atoms with Crippen LogP contribution in [0.25, 0.3) is 10.6 Å². The molecule has 0 bridgehead atoms. The highest BCUT2D eigenvalue weighted by molar-refractivity contribution is 9.10. The maximum absolute atomic E-state index is 6.00. The maximum atomic E-state index is 6.00. The molecule has 0 spiro atoms. The predicted molar refractivity (Wildman–Crippen MR) is 80.3 cm³/mol. The van der Waals surface area contributed by atoms with E-state index >= 15 is 0 Å². The van der Waals surface area contributed by atoms with Gasteiger partial charge in [0.15, 0.2) is 0 Å². The molecule has 0 aliphatic rings. The van der Waals surface area contributed by atoms with Crippen LogP contribution in [0.15, 0.2) is 22.7 Å². The molecule has 0 unspecified atom stereocenters. The number of hydrogen-bond acceptors (Lipinski definition) is 4. The molecule has 0 atom stereocenters. The van der Waals surface area contributed by atoms with Crippen molar-refractivity contribution in [2.45, 2.75) is 13.3 Å². The fourth-order valence-electron chi connectivity index (χ4n) is 1.50. The van der Waals surface area contributed by atoms with E-state index in [2.05, 4.69) is 38.4 Å². The third-order valence-electron chi connectivity index (χ3n) is 2.39. The predicted octanol–water partition coefficient (Wildman–Crippen LogP) is 3.77. The Bertz CT molecular complexity index is 530. The van der Waals surface area contributed by atoms with E-state index in [9.17, 15) is 0 Å². The van der Waals surface area contributed by atoms with Gasteiger partial charge < -0.3 is 5.32 Å². The Morgan fingerprint density at radius 3 is 3.00 bits per heavy atom. The Morgan fingerprint density at radius 2 is 2.22 bits per heavy atom. The van der Waals surface area contributed by atoms with Gasteiger partial charge in [-0.3, -0.25) is 0 Å². The van der Waals surface area contributed by atoms with Crippen molar-refractivity contribution in [2.75, 3.05) is 13.1 Å². The highest BCUT2D eigenvalue weighted by Gasteiger charge is 2.10. The minimum atomic E-state index is 0.706. The quantitative estimate of drug-likeness (QED) is 0.837. The number of nitrogens with one attached hydrogen (secondary N) is 1. The maximum Gasteiger partial charge on any atom is 0.148 e. The Morgan fingerprint density at radius 1 is 1.39 bits per heavy atom. The summed E-state index contributed by atoms with van der Waals surface area (Å²) in [6.07, 6.45) is 0.906. The van der Waals surface area contributed by atoms with Gasteiger partial charge in [-0.2, -0.15) is 0 Å².